The Kier molecular flexibility index (Phi) is 5.11. The molecule has 29 heavy (non-hydrogen) atoms. The maximum absolute atomic E-state index is 13.3. The molecule has 0 saturated heterocycles. The van der Waals surface area contributed by atoms with Crippen LogP contribution in [-0.4, -0.2) is 45.1 Å². The smallest absolute Gasteiger partial charge is 0.290 e. The minimum atomic E-state index is -0.457. The number of carbonyl (C=O) groups is 1. The van der Waals surface area contributed by atoms with Crippen molar-refractivity contribution in [1.82, 2.24) is 4.90 Å². The van der Waals surface area contributed by atoms with E-state index in [9.17, 15) is 9.59 Å². The first-order valence-corrected chi connectivity index (χ1v) is 9.81. The third-order valence-electron chi connectivity index (χ3n) is 5.38. The highest BCUT2D eigenvalue weighted by Crippen LogP contribution is 2.38. The van der Waals surface area contributed by atoms with Crippen LogP contribution < -0.4 is 15.1 Å². The van der Waals surface area contributed by atoms with Crippen LogP contribution in [0.15, 0.2) is 57.7 Å². The fourth-order valence-electron chi connectivity index (χ4n) is 3.93. The van der Waals surface area contributed by atoms with Gasteiger partial charge in [0.05, 0.1) is 44.7 Å². The predicted octanol–water partition coefficient (Wildman–Crippen LogP) is 1.88. The summed E-state index contributed by atoms with van der Waals surface area (Å²) in [5.41, 5.74) is 1.60. The molecule has 0 aliphatic carbocycles. The lowest BCUT2D eigenvalue weighted by Gasteiger charge is -2.25. The minimum Gasteiger partial charge on any atom is -0.497 e. The normalized spacial score (nSPS) is 15.9. The number of ether oxygens (including phenoxy) is 1. The Balaban J connectivity index is 1.85. The van der Waals surface area contributed by atoms with Gasteiger partial charge in [-0.15, -0.1) is 0 Å². The summed E-state index contributed by atoms with van der Waals surface area (Å²) in [6.07, 6.45) is 0.836. The standard InChI is InChI=1S/C23H24N2O4/c1-24(2)13-6-14-25-20(15-9-11-16(28-3)12-10-15)19-21(26)17-7-4-5-8-18(17)29-22(19)23(25)27/h4-5,7-12,20H,6,13-14H2,1-3H3/p+1/t20-/m0/s1. The van der Waals surface area contributed by atoms with E-state index in [-0.39, 0.29) is 17.1 Å². The average Bonchev–Trinajstić information content (AvgIpc) is 3.00. The van der Waals surface area contributed by atoms with Crippen LogP contribution in [-0.2, 0) is 0 Å². The van der Waals surface area contributed by atoms with Crippen LogP contribution >= 0.6 is 0 Å². The van der Waals surface area contributed by atoms with Crippen LogP contribution in [0.25, 0.3) is 11.0 Å². The number of rotatable bonds is 6. The van der Waals surface area contributed by atoms with Crippen molar-refractivity contribution in [3.05, 3.63) is 75.6 Å². The van der Waals surface area contributed by atoms with Crippen LogP contribution in [0.3, 0.4) is 0 Å². The van der Waals surface area contributed by atoms with Crippen molar-refractivity contribution in [1.29, 1.82) is 0 Å². The number of hydrogen-bond donors (Lipinski definition) is 1. The largest absolute Gasteiger partial charge is 0.497 e. The SMILES string of the molecule is COc1ccc([C@H]2c3c(oc4ccccc4c3=O)C(=O)N2CCC[NH+](C)C)cc1. The molecule has 6 nitrogen and oxygen atoms in total. The fourth-order valence-corrected chi connectivity index (χ4v) is 3.93. The monoisotopic (exact) mass is 393 g/mol. The number of fused-ring (bicyclic) bond motifs is 2. The van der Waals surface area contributed by atoms with Crippen molar-refractivity contribution >= 4 is 16.9 Å². The van der Waals surface area contributed by atoms with E-state index in [1.165, 1.54) is 4.90 Å². The number of para-hydroxylation sites is 1. The first-order chi connectivity index (χ1) is 14.0. The van der Waals surface area contributed by atoms with Gasteiger partial charge < -0.3 is 19.0 Å². The molecule has 1 aliphatic heterocycles. The molecule has 2 heterocycles. The highest BCUT2D eigenvalue weighted by atomic mass is 16.5. The molecule has 3 aromatic rings. The van der Waals surface area contributed by atoms with Crippen LogP contribution in [0.2, 0.25) is 0 Å². The first-order valence-electron chi connectivity index (χ1n) is 9.81. The van der Waals surface area contributed by atoms with Crippen molar-refractivity contribution in [3.8, 4) is 5.75 Å². The molecule has 1 aromatic heterocycles. The number of nitrogens with zero attached hydrogens (tertiary/aromatic N) is 1. The van der Waals surface area contributed by atoms with E-state index in [0.717, 1.165) is 24.3 Å². The molecular formula is C23H25N2O4+. The summed E-state index contributed by atoms with van der Waals surface area (Å²) in [5, 5.41) is 0.497. The fraction of sp³-hybridized carbons (Fsp3) is 0.304. The van der Waals surface area contributed by atoms with Crippen LogP contribution in [0.1, 0.15) is 34.1 Å². The van der Waals surface area contributed by atoms with Gasteiger partial charge in [0.1, 0.15) is 11.3 Å². The van der Waals surface area contributed by atoms with Crippen LogP contribution in [0.4, 0.5) is 0 Å². The van der Waals surface area contributed by atoms with Gasteiger partial charge in [0, 0.05) is 13.0 Å². The van der Waals surface area contributed by atoms with E-state index >= 15 is 0 Å². The molecule has 0 spiro atoms. The molecule has 1 amide bonds. The Hall–Kier alpha value is -3.12. The summed E-state index contributed by atoms with van der Waals surface area (Å²) in [7, 11) is 5.78. The van der Waals surface area contributed by atoms with Gasteiger partial charge in [-0.25, -0.2) is 0 Å². The summed E-state index contributed by atoms with van der Waals surface area (Å²) in [6, 6.07) is 14.1. The van der Waals surface area contributed by atoms with E-state index in [4.69, 9.17) is 9.15 Å². The molecular weight excluding hydrogens is 368 g/mol. The first kappa shape index (κ1) is 19.2. The lowest BCUT2D eigenvalue weighted by molar-refractivity contribution is -0.858. The molecule has 0 saturated carbocycles. The third kappa shape index (κ3) is 3.40. The van der Waals surface area contributed by atoms with Gasteiger partial charge in [-0.3, -0.25) is 9.59 Å². The minimum absolute atomic E-state index is 0.142. The van der Waals surface area contributed by atoms with Gasteiger partial charge in [0.25, 0.3) is 5.91 Å². The number of benzene rings is 2. The number of carbonyl (C=O) groups excluding carboxylic acids is 1. The Bertz CT molecular complexity index is 1100. The van der Waals surface area contributed by atoms with E-state index < -0.39 is 6.04 Å². The highest BCUT2D eigenvalue weighted by Gasteiger charge is 2.42. The molecule has 1 N–H and O–H groups in total. The maximum atomic E-state index is 13.3. The number of amides is 1. The molecule has 1 aliphatic rings. The lowest BCUT2D eigenvalue weighted by Crippen LogP contribution is -3.05. The number of methoxy groups -OCH3 is 1. The highest BCUT2D eigenvalue weighted by molar-refractivity contribution is 5.99. The van der Waals surface area contributed by atoms with Gasteiger partial charge in [0.15, 0.2) is 5.43 Å². The zero-order valence-corrected chi connectivity index (χ0v) is 16.9. The number of hydrogen-bond acceptors (Lipinski definition) is 4. The van der Waals surface area contributed by atoms with Gasteiger partial charge >= 0.3 is 0 Å². The third-order valence-corrected chi connectivity index (χ3v) is 5.38. The van der Waals surface area contributed by atoms with E-state index in [0.29, 0.717) is 23.1 Å². The van der Waals surface area contributed by atoms with Crippen molar-refractivity contribution in [2.75, 3.05) is 34.3 Å². The zero-order chi connectivity index (χ0) is 20.5. The van der Waals surface area contributed by atoms with Gasteiger partial charge in [-0.1, -0.05) is 24.3 Å². The molecule has 0 unspecified atom stereocenters. The lowest BCUT2D eigenvalue weighted by atomic mass is 9.98. The topological polar surface area (TPSA) is 64.2 Å². The second-order valence-electron chi connectivity index (χ2n) is 7.66. The average molecular weight is 393 g/mol. The summed E-state index contributed by atoms with van der Waals surface area (Å²) < 4.78 is 11.2. The molecule has 150 valence electrons. The van der Waals surface area contributed by atoms with E-state index in [1.807, 2.05) is 30.3 Å². The van der Waals surface area contributed by atoms with Crippen molar-refractivity contribution in [3.63, 3.8) is 0 Å². The van der Waals surface area contributed by atoms with Crippen molar-refractivity contribution < 1.29 is 18.8 Å². The maximum Gasteiger partial charge on any atom is 0.290 e. The molecule has 0 fully saturated rings. The van der Waals surface area contributed by atoms with Crippen LogP contribution in [0, 0.1) is 0 Å². The molecule has 6 heteroatoms. The Morgan fingerprint density at radius 2 is 1.79 bits per heavy atom. The summed E-state index contributed by atoms with van der Waals surface area (Å²) in [4.78, 5) is 29.6. The van der Waals surface area contributed by atoms with E-state index in [1.54, 1.807) is 30.2 Å². The van der Waals surface area contributed by atoms with Crippen molar-refractivity contribution in [2.24, 2.45) is 0 Å². The Morgan fingerprint density at radius 3 is 2.48 bits per heavy atom. The number of nitrogens with one attached hydrogen (secondary N) is 1. The van der Waals surface area contributed by atoms with Gasteiger partial charge in [0.2, 0.25) is 5.76 Å². The number of quaternary nitrogens is 1. The quantitative estimate of drug-likeness (QED) is 0.695. The molecule has 4 rings (SSSR count). The summed E-state index contributed by atoms with van der Waals surface area (Å²) >= 11 is 0. The van der Waals surface area contributed by atoms with Crippen LogP contribution in [0.5, 0.6) is 5.75 Å². The molecule has 0 radical (unpaired) electrons. The Labute approximate surface area is 169 Å². The molecule has 2 aromatic carbocycles. The Morgan fingerprint density at radius 1 is 1.07 bits per heavy atom. The second-order valence-corrected chi connectivity index (χ2v) is 7.66. The molecule has 1 atom stereocenters. The predicted molar refractivity (Wildman–Crippen MR) is 111 cm³/mol. The zero-order valence-electron chi connectivity index (χ0n) is 16.9. The summed E-state index contributed by atoms with van der Waals surface area (Å²) in [5.74, 6) is 0.663. The van der Waals surface area contributed by atoms with Crippen molar-refractivity contribution in [2.45, 2.75) is 12.5 Å². The van der Waals surface area contributed by atoms with Gasteiger partial charge in [-0.05, 0) is 29.8 Å². The van der Waals surface area contributed by atoms with E-state index in [2.05, 4.69) is 14.1 Å². The summed E-state index contributed by atoms with van der Waals surface area (Å²) in [6.45, 7) is 1.49. The molecule has 0 bridgehead atoms. The van der Waals surface area contributed by atoms with Gasteiger partial charge in [-0.2, -0.15) is 0 Å². The second kappa shape index (κ2) is 7.72.